The van der Waals surface area contributed by atoms with E-state index in [1.54, 1.807) is 0 Å². The molecule has 0 aliphatic carbocycles. The fraction of sp³-hybridized carbons (Fsp3) is 0. The first-order valence-corrected chi connectivity index (χ1v) is 15.3. The van der Waals surface area contributed by atoms with Crippen molar-refractivity contribution in [1.29, 1.82) is 0 Å². The Labute approximate surface area is 258 Å². The molecule has 10 rings (SSSR count). The number of aromatic nitrogens is 4. The summed E-state index contributed by atoms with van der Waals surface area (Å²) in [7, 11) is 0. The topological polar surface area (TPSA) is 27.7 Å². The molecule has 10 aromatic rings. The van der Waals surface area contributed by atoms with Gasteiger partial charge in [-0.1, -0.05) is 91.0 Å². The molecule has 0 amide bonds. The summed E-state index contributed by atoms with van der Waals surface area (Å²) >= 11 is 0. The quantitative estimate of drug-likeness (QED) is 0.206. The number of hydrogen-bond acceptors (Lipinski definition) is 1. The molecule has 0 atom stereocenters. The van der Waals surface area contributed by atoms with Gasteiger partial charge in [0, 0.05) is 44.0 Å². The summed E-state index contributed by atoms with van der Waals surface area (Å²) in [5, 5.41) is 7.56. The SMILES string of the molecule is c1ccc(-n2cnc3ccc(-n4c5ccccc5c5c6c7ccc8ccccc8c7n(-c7ccccc7)c6ccc54)cc32)cc1. The molecule has 0 aliphatic heterocycles. The molecular formula is C41H26N4. The van der Waals surface area contributed by atoms with Gasteiger partial charge in [0.2, 0.25) is 0 Å². The number of hydrogen-bond donors (Lipinski definition) is 0. The van der Waals surface area contributed by atoms with E-state index in [9.17, 15) is 0 Å². The normalized spacial score (nSPS) is 12.0. The van der Waals surface area contributed by atoms with E-state index in [1.807, 2.05) is 12.4 Å². The zero-order chi connectivity index (χ0) is 29.5. The molecular weight excluding hydrogens is 548 g/mol. The van der Waals surface area contributed by atoms with Crippen molar-refractivity contribution < 1.29 is 0 Å². The largest absolute Gasteiger partial charge is 0.309 e. The number of nitrogens with zero attached hydrogens (tertiary/aromatic N) is 4. The van der Waals surface area contributed by atoms with Gasteiger partial charge >= 0.3 is 0 Å². The second kappa shape index (κ2) is 9.18. The van der Waals surface area contributed by atoms with Gasteiger partial charge < -0.3 is 9.13 Å². The van der Waals surface area contributed by atoms with Gasteiger partial charge in [-0.3, -0.25) is 4.57 Å². The van der Waals surface area contributed by atoms with Crippen LogP contribution in [0, 0.1) is 0 Å². The molecule has 4 heteroatoms. The van der Waals surface area contributed by atoms with Gasteiger partial charge in [-0.25, -0.2) is 4.98 Å². The van der Waals surface area contributed by atoms with Gasteiger partial charge in [-0.2, -0.15) is 0 Å². The van der Waals surface area contributed by atoms with Gasteiger partial charge in [-0.05, 0) is 66.0 Å². The standard InChI is InChI=1S/C41H26N4/c1-3-12-28(13-4-1)43-26-42-34-22-20-30(25-38(34)43)44-35-18-10-9-17-32(35)39-36(44)23-24-37-40(39)33-21-19-27-11-7-8-16-31(27)41(33)45(37)29-14-5-2-6-15-29/h1-26H. The molecule has 0 aliphatic rings. The van der Waals surface area contributed by atoms with Gasteiger partial charge in [0.1, 0.15) is 6.33 Å². The lowest BCUT2D eigenvalue weighted by Gasteiger charge is -2.11. The highest BCUT2D eigenvalue weighted by Gasteiger charge is 2.22. The molecule has 0 spiro atoms. The average molecular weight is 575 g/mol. The fourth-order valence-electron chi connectivity index (χ4n) is 7.38. The minimum atomic E-state index is 0.976. The second-order valence-electron chi connectivity index (χ2n) is 11.7. The monoisotopic (exact) mass is 574 g/mol. The number of imidazole rings is 1. The van der Waals surface area contributed by atoms with E-state index in [0.29, 0.717) is 0 Å². The van der Waals surface area contributed by atoms with Gasteiger partial charge in [0.05, 0.1) is 33.1 Å². The molecule has 0 saturated heterocycles. The molecule has 210 valence electrons. The van der Waals surface area contributed by atoms with Crippen molar-refractivity contribution in [3.05, 3.63) is 158 Å². The van der Waals surface area contributed by atoms with Crippen LogP contribution in [0.4, 0.5) is 0 Å². The maximum atomic E-state index is 4.72. The molecule has 0 fully saturated rings. The third-order valence-electron chi connectivity index (χ3n) is 9.29. The minimum Gasteiger partial charge on any atom is -0.309 e. The average Bonchev–Trinajstić information content (AvgIpc) is 3.79. The molecule has 7 aromatic carbocycles. The Hall–Kier alpha value is -6.13. The highest BCUT2D eigenvalue weighted by molar-refractivity contribution is 6.31. The predicted octanol–water partition coefficient (Wildman–Crippen LogP) is 10.4. The van der Waals surface area contributed by atoms with E-state index in [-0.39, 0.29) is 0 Å². The molecule has 0 saturated carbocycles. The molecule has 0 N–H and O–H groups in total. The summed E-state index contributed by atoms with van der Waals surface area (Å²) in [6, 6.07) is 54.5. The summed E-state index contributed by atoms with van der Waals surface area (Å²) in [6.07, 6.45) is 1.92. The highest BCUT2D eigenvalue weighted by atomic mass is 15.1. The zero-order valence-corrected chi connectivity index (χ0v) is 24.3. The number of fused-ring (bicyclic) bond motifs is 10. The highest BCUT2D eigenvalue weighted by Crippen LogP contribution is 2.44. The molecule has 0 radical (unpaired) electrons. The Morgan fingerprint density at radius 2 is 1.07 bits per heavy atom. The summed E-state index contributed by atoms with van der Waals surface area (Å²) in [5.74, 6) is 0. The first-order valence-electron chi connectivity index (χ1n) is 15.3. The first kappa shape index (κ1) is 24.3. The Morgan fingerprint density at radius 3 is 1.89 bits per heavy atom. The minimum absolute atomic E-state index is 0.976. The molecule has 3 heterocycles. The van der Waals surface area contributed by atoms with Crippen LogP contribution in [-0.4, -0.2) is 18.7 Å². The van der Waals surface area contributed by atoms with Crippen molar-refractivity contribution in [3.8, 4) is 17.1 Å². The van der Waals surface area contributed by atoms with Crippen LogP contribution in [0.5, 0.6) is 0 Å². The van der Waals surface area contributed by atoms with Crippen LogP contribution in [0.2, 0.25) is 0 Å². The Morgan fingerprint density at radius 1 is 0.400 bits per heavy atom. The van der Waals surface area contributed by atoms with Crippen LogP contribution < -0.4 is 0 Å². The van der Waals surface area contributed by atoms with Crippen LogP contribution in [0.1, 0.15) is 0 Å². The van der Waals surface area contributed by atoms with Crippen molar-refractivity contribution in [1.82, 2.24) is 18.7 Å². The van der Waals surface area contributed by atoms with Crippen LogP contribution in [0.25, 0.3) is 82.5 Å². The van der Waals surface area contributed by atoms with E-state index in [1.165, 1.54) is 54.4 Å². The van der Waals surface area contributed by atoms with Gasteiger partial charge in [0.25, 0.3) is 0 Å². The van der Waals surface area contributed by atoms with Crippen LogP contribution >= 0.6 is 0 Å². The van der Waals surface area contributed by atoms with Crippen molar-refractivity contribution in [2.75, 3.05) is 0 Å². The van der Waals surface area contributed by atoms with E-state index >= 15 is 0 Å². The van der Waals surface area contributed by atoms with Crippen LogP contribution in [0.3, 0.4) is 0 Å². The number of rotatable bonds is 3. The number of benzene rings is 7. The smallest absolute Gasteiger partial charge is 0.100 e. The van der Waals surface area contributed by atoms with Crippen molar-refractivity contribution in [3.63, 3.8) is 0 Å². The summed E-state index contributed by atoms with van der Waals surface area (Å²) in [5.41, 5.74) is 10.3. The molecule has 3 aromatic heterocycles. The van der Waals surface area contributed by atoms with E-state index in [2.05, 4.69) is 159 Å². The van der Waals surface area contributed by atoms with Gasteiger partial charge in [-0.15, -0.1) is 0 Å². The third-order valence-corrected chi connectivity index (χ3v) is 9.29. The first-order chi connectivity index (χ1) is 22.3. The Balaban J connectivity index is 1.35. The Bertz CT molecular complexity index is 2750. The van der Waals surface area contributed by atoms with Gasteiger partial charge in [0.15, 0.2) is 0 Å². The van der Waals surface area contributed by atoms with E-state index in [0.717, 1.165) is 28.1 Å². The lowest BCUT2D eigenvalue weighted by molar-refractivity contribution is 1.09. The Kier molecular flexibility index (Phi) is 4.96. The van der Waals surface area contributed by atoms with Crippen molar-refractivity contribution in [2.24, 2.45) is 0 Å². The zero-order valence-electron chi connectivity index (χ0n) is 24.3. The summed E-state index contributed by atoms with van der Waals surface area (Å²) < 4.78 is 7.03. The maximum absolute atomic E-state index is 4.72. The lowest BCUT2D eigenvalue weighted by atomic mass is 10.0. The number of para-hydroxylation sites is 3. The fourth-order valence-corrected chi connectivity index (χ4v) is 7.38. The van der Waals surface area contributed by atoms with Crippen LogP contribution in [0.15, 0.2) is 158 Å². The molecule has 4 nitrogen and oxygen atoms in total. The maximum Gasteiger partial charge on any atom is 0.100 e. The lowest BCUT2D eigenvalue weighted by Crippen LogP contribution is -1.96. The third kappa shape index (κ3) is 3.39. The van der Waals surface area contributed by atoms with E-state index in [4.69, 9.17) is 4.98 Å². The van der Waals surface area contributed by atoms with E-state index < -0.39 is 0 Å². The molecule has 0 unspecified atom stereocenters. The van der Waals surface area contributed by atoms with Crippen LogP contribution in [-0.2, 0) is 0 Å². The molecule has 45 heavy (non-hydrogen) atoms. The molecule has 0 bridgehead atoms. The summed E-state index contributed by atoms with van der Waals surface area (Å²) in [6.45, 7) is 0. The predicted molar refractivity (Wildman–Crippen MR) is 187 cm³/mol. The van der Waals surface area contributed by atoms with Crippen molar-refractivity contribution >= 4 is 65.4 Å². The summed E-state index contributed by atoms with van der Waals surface area (Å²) in [4.78, 5) is 4.72. The van der Waals surface area contributed by atoms with Crippen molar-refractivity contribution in [2.45, 2.75) is 0 Å². The second-order valence-corrected chi connectivity index (χ2v) is 11.7.